The van der Waals surface area contributed by atoms with Crippen LogP contribution in [0, 0.1) is 0 Å². The second kappa shape index (κ2) is 9.25. The Balaban J connectivity index is 1.57. The van der Waals surface area contributed by atoms with Crippen LogP contribution in [0.1, 0.15) is 43.5 Å². The van der Waals surface area contributed by atoms with Crippen molar-refractivity contribution in [2.75, 3.05) is 0 Å². The maximum atomic E-state index is 13.5. The summed E-state index contributed by atoms with van der Waals surface area (Å²) < 4.78 is 22.1. The van der Waals surface area contributed by atoms with Gasteiger partial charge in [0.05, 0.1) is 32.8 Å². The van der Waals surface area contributed by atoms with Crippen molar-refractivity contribution in [1.82, 2.24) is 14.5 Å². The number of nitrogens with zero attached hydrogens (tertiary/aromatic N) is 3. The summed E-state index contributed by atoms with van der Waals surface area (Å²) in [6, 6.07) is 17.9. The molecule has 1 aliphatic rings. The van der Waals surface area contributed by atoms with E-state index < -0.39 is 10.8 Å². The summed E-state index contributed by atoms with van der Waals surface area (Å²) in [6.45, 7) is 0. The second-order valence-electron chi connectivity index (χ2n) is 8.37. The third kappa shape index (κ3) is 4.32. The fourth-order valence-corrected chi connectivity index (χ4v) is 5.51. The summed E-state index contributed by atoms with van der Waals surface area (Å²) in [4.78, 5) is 10.3. The molecule has 0 N–H and O–H groups in total. The lowest BCUT2D eigenvalue weighted by atomic mass is 9.98. The van der Waals surface area contributed by atoms with Gasteiger partial charge in [-0.15, -0.1) is 0 Å². The third-order valence-corrected chi connectivity index (χ3v) is 7.57. The first kappa shape index (κ1) is 20.9. The first-order valence-electron chi connectivity index (χ1n) is 11.2. The van der Waals surface area contributed by atoms with Crippen molar-refractivity contribution in [2.24, 2.45) is 7.05 Å². The van der Waals surface area contributed by atoms with Crippen molar-refractivity contribution >= 4 is 21.8 Å². The molecule has 0 saturated heterocycles. The average molecular weight is 446 g/mol. The fraction of sp³-hybridized carbons (Fsp3) is 0.308. The number of pyridine rings is 1. The number of ether oxygens (including phenoxy) is 1. The summed E-state index contributed by atoms with van der Waals surface area (Å²) in [6.07, 6.45) is 9.98. The Morgan fingerprint density at radius 1 is 1.03 bits per heavy atom. The van der Waals surface area contributed by atoms with Crippen molar-refractivity contribution in [3.8, 4) is 5.75 Å². The molecule has 6 heteroatoms. The highest BCUT2D eigenvalue weighted by Crippen LogP contribution is 2.34. The van der Waals surface area contributed by atoms with Gasteiger partial charge in [-0.2, -0.15) is 0 Å². The highest BCUT2D eigenvalue weighted by Gasteiger charge is 2.22. The zero-order chi connectivity index (χ0) is 21.9. The first-order chi connectivity index (χ1) is 15.7. The zero-order valence-corrected chi connectivity index (χ0v) is 19.1. The van der Waals surface area contributed by atoms with Crippen molar-refractivity contribution in [3.63, 3.8) is 0 Å². The number of hydrogen-bond acceptors (Lipinski definition) is 4. The van der Waals surface area contributed by atoms with E-state index in [1.54, 1.807) is 24.5 Å². The summed E-state index contributed by atoms with van der Waals surface area (Å²) in [7, 11) is 0.671. The maximum Gasteiger partial charge on any atom is 0.138 e. The molecule has 1 fully saturated rings. The Bertz CT molecular complexity index is 1230. The monoisotopic (exact) mass is 445 g/mol. The molecule has 2 aromatic carbocycles. The summed E-state index contributed by atoms with van der Waals surface area (Å²) in [5.41, 5.74) is 3.05. The van der Waals surface area contributed by atoms with Crippen LogP contribution in [-0.2, 0) is 24.3 Å². The SMILES string of the molecule is Cn1c(Cc2ccccc2)nc2cc(S(=O)c3ccncc3)c(OC3CCCCC3)cc21. The smallest absolute Gasteiger partial charge is 0.138 e. The zero-order valence-electron chi connectivity index (χ0n) is 18.2. The highest BCUT2D eigenvalue weighted by molar-refractivity contribution is 7.85. The molecule has 32 heavy (non-hydrogen) atoms. The number of benzene rings is 2. The molecule has 5 nitrogen and oxygen atoms in total. The van der Waals surface area contributed by atoms with Gasteiger partial charge in [0.2, 0.25) is 0 Å². The van der Waals surface area contributed by atoms with E-state index in [4.69, 9.17) is 9.72 Å². The normalized spacial score (nSPS) is 15.7. The molecular weight excluding hydrogens is 418 g/mol. The Hall–Kier alpha value is -2.99. The van der Waals surface area contributed by atoms with Crippen molar-refractivity contribution in [2.45, 2.75) is 54.4 Å². The van der Waals surface area contributed by atoms with Crippen molar-refractivity contribution in [1.29, 1.82) is 0 Å². The first-order valence-corrected chi connectivity index (χ1v) is 12.4. The van der Waals surface area contributed by atoms with Crippen LogP contribution >= 0.6 is 0 Å². The van der Waals surface area contributed by atoms with Crippen LogP contribution < -0.4 is 4.74 Å². The number of fused-ring (bicyclic) bond motifs is 1. The molecule has 0 bridgehead atoms. The van der Waals surface area contributed by atoms with Gasteiger partial charge in [-0.3, -0.25) is 4.98 Å². The van der Waals surface area contributed by atoms with Crippen LogP contribution in [0.25, 0.3) is 11.0 Å². The Kier molecular flexibility index (Phi) is 6.04. The largest absolute Gasteiger partial charge is 0.489 e. The molecule has 0 radical (unpaired) electrons. The molecule has 1 unspecified atom stereocenters. The minimum Gasteiger partial charge on any atom is -0.489 e. The van der Waals surface area contributed by atoms with Crippen LogP contribution in [-0.4, -0.2) is 24.8 Å². The van der Waals surface area contributed by atoms with Crippen LogP contribution in [0.3, 0.4) is 0 Å². The molecule has 0 amide bonds. The number of aryl methyl sites for hydroxylation is 1. The fourth-order valence-electron chi connectivity index (χ4n) is 4.37. The Morgan fingerprint density at radius 3 is 2.53 bits per heavy atom. The number of aromatic nitrogens is 3. The van der Waals surface area contributed by atoms with Gasteiger partial charge >= 0.3 is 0 Å². The third-order valence-electron chi connectivity index (χ3n) is 6.15. The number of imidazole rings is 1. The van der Waals surface area contributed by atoms with E-state index in [1.165, 1.54) is 24.8 Å². The van der Waals surface area contributed by atoms with E-state index in [2.05, 4.69) is 21.7 Å². The summed E-state index contributed by atoms with van der Waals surface area (Å²) >= 11 is 0. The summed E-state index contributed by atoms with van der Waals surface area (Å²) in [5, 5.41) is 0. The Morgan fingerprint density at radius 2 is 1.78 bits per heavy atom. The highest BCUT2D eigenvalue weighted by atomic mass is 32.2. The van der Waals surface area contributed by atoms with Crippen LogP contribution in [0.2, 0.25) is 0 Å². The van der Waals surface area contributed by atoms with Gasteiger partial charge in [0.25, 0.3) is 0 Å². The molecule has 1 atom stereocenters. The van der Waals surface area contributed by atoms with Crippen molar-refractivity contribution < 1.29 is 8.95 Å². The summed E-state index contributed by atoms with van der Waals surface area (Å²) in [5.74, 6) is 1.68. The molecule has 0 spiro atoms. The predicted octanol–water partition coefficient (Wildman–Crippen LogP) is 5.44. The van der Waals surface area contributed by atoms with Gasteiger partial charge in [0.15, 0.2) is 0 Å². The van der Waals surface area contributed by atoms with Gasteiger partial charge in [0.1, 0.15) is 11.6 Å². The lowest BCUT2D eigenvalue weighted by Gasteiger charge is -2.24. The van der Waals surface area contributed by atoms with E-state index in [0.29, 0.717) is 15.5 Å². The molecule has 2 aromatic heterocycles. The van der Waals surface area contributed by atoms with E-state index in [-0.39, 0.29) is 6.10 Å². The molecular formula is C26H27N3O2S. The second-order valence-corrected chi connectivity index (χ2v) is 9.82. The molecule has 1 saturated carbocycles. The minimum atomic E-state index is -1.37. The van der Waals surface area contributed by atoms with Gasteiger partial charge in [-0.1, -0.05) is 36.8 Å². The van der Waals surface area contributed by atoms with Gasteiger partial charge in [-0.05, 0) is 49.4 Å². The van der Waals surface area contributed by atoms with Crippen LogP contribution in [0.4, 0.5) is 0 Å². The maximum absolute atomic E-state index is 13.5. The predicted molar refractivity (Wildman–Crippen MR) is 126 cm³/mol. The average Bonchev–Trinajstić information content (AvgIpc) is 3.14. The minimum absolute atomic E-state index is 0.173. The molecule has 164 valence electrons. The molecule has 4 aromatic rings. The Labute approximate surface area is 190 Å². The molecule has 0 aliphatic heterocycles. The van der Waals surface area contributed by atoms with Gasteiger partial charge in [-0.25, -0.2) is 9.19 Å². The van der Waals surface area contributed by atoms with Gasteiger partial charge in [0, 0.05) is 36.8 Å². The number of hydrogen-bond donors (Lipinski definition) is 0. The van der Waals surface area contributed by atoms with Crippen LogP contribution in [0.5, 0.6) is 5.75 Å². The van der Waals surface area contributed by atoms with E-state index >= 15 is 0 Å². The van der Waals surface area contributed by atoms with Crippen LogP contribution in [0.15, 0.2) is 76.8 Å². The lowest BCUT2D eigenvalue weighted by Crippen LogP contribution is -2.20. The van der Waals surface area contributed by atoms with Gasteiger partial charge < -0.3 is 9.30 Å². The molecule has 2 heterocycles. The van der Waals surface area contributed by atoms with E-state index in [1.807, 2.05) is 37.4 Å². The topological polar surface area (TPSA) is 57.0 Å². The van der Waals surface area contributed by atoms with E-state index in [0.717, 1.165) is 36.1 Å². The molecule has 1 aliphatic carbocycles. The van der Waals surface area contributed by atoms with Crippen molar-refractivity contribution in [3.05, 3.63) is 78.4 Å². The number of rotatable bonds is 6. The lowest BCUT2D eigenvalue weighted by molar-refractivity contribution is 0.151. The standard InChI is InChI=1S/C26H27N3O2S/c1-29-23-18-24(31-20-10-6-3-7-11-20)25(32(30)21-12-14-27-15-13-21)17-22(23)28-26(29)16-19-8-4-2-5-9-19/h2,4-5,8-9,12-15,17-18,20H,3,6-7,10-11,16H2,1H3. The van der Waals surface area contributed by atoms with E-state index in [9.17, 15) is 4.21 Å². The quantitative estimate of drug-likeness (QED) is 0.397. The molecule has 5 rings (SSSR count).